The van der Waals surface area contributed by atoms with E-state index in [1.807, 2.05) is 23.6 Å². The SMILES string of the molecule is O=C(CSCc1cc(=O)n2ccsc2n1)Nc1ccc(C(=O)N2CCc3ccccc32)cc1. The average Bonchev–Trinajstić information content (AvgIpc) is 3.46. The minimum Gasteiger partial charge on any atom is -0.325 e. The van der Waals surface area contributed by atoms with E-state index in [1.165, 1.54) is 39.1 Å². The number of benzene rings is 2. The molecule has 0 saturated heterocycles. The molecule has 33 heavy (non-hydrogen) atoms. The van der Waals surface area contributed by atoms with Crippen molar-refractivity contribution in [1.29, 1.82) is 0 Å². The van der Waals surface area contributed by atoms with E-state index in [2.05, 4.69) is 16.4 Å². The van der Waals surface area contributed by atoms with Gasteiger partial charge < -0.3 is 10.2 Å². The number of para-hydroxylation sites is 1. The largest absolute Gasteiger partial charge is 0.325 e. The summed E-state index contributed by atoms with van der Waals surface area (Å²) in [6.07, 6.45) is 2.56. The highest BCUT2D eigenvalue weighted by Gasteiger charge is 2.25. The number of thiazole rings is 1. The van der Waals surface area contributed by atoms with E-state index >= 15 is 0 Å². The fraction of sp³-hybridized carbons (Fsp3) is 0.167. The summed E-state index contributed by atoms with van der Waals surface area (Å²) in [5.41, 5.74) is 3.91. The number of nitrogens with zero attached hydrogens (tertiary/aromatic N) is 3. The maximum atomic E-state index is 12.9. The van der Waals surface area contributed by atoms with Gasteiger partial charge in [-0.1, -0.05) is 18.2 Å². The maximum absolute atomic E-state index is 12.9. The second kappa shape index (κ2) is 9.21. The maximum Gasteiger partial charge on any atom is 0.258 e. The Morgan fingerprint density at radius 1 is 1.12 bits per heavy atom. The van der Waals surface area contributed by atoms with E-state index in [-0.39, 0.29) is 23.1 Å². The van der Waals surface area contributed by atoms with Gasteiger partial charge in [0.2, 0.25) is 5.91 Å². The molecule has 4 aromatic rings. The number of thioether (sulfide) groups is 1. The number of carbonyl (C=O) groups excluding carboxylic acids is 2. The Bertz CT molecular complexity index is 1390. The molecule has 0 spiro atoms. The van der Waals surface area contributed by atoms with Crippen LogP contribution in [-0.2, 0) is 17.0 Å². The molecule has 2 aromatic carbocycles. The van der Waals surface area contributed by atoms with Crippen LogP contribution in [0.4, 0.5) is 11.4 Å². The highest BCUT2D eigenvalue weighted by atomic mass is 32.2. The van der Waals surface area contributed by atoms with E-state index in [1.54, 1.807) is 35.4 Å². The van der Waals surface area contributed by atoms with Crippen molar-refractivity contribution in [3.05, 3.63) is 93.3 Å². The van der Waals surface area contributed by atoms with Crippen LogP contribution in [0.1, 0.15) is 21.6 Å². The predicted molar refractivity (Wildman–Crippen MR) is 132 cm³/mol. The topological polar surface area (TPSA) is 83.8 Å². The lowest BCUT2D eigenvalue weighted by Gasteiger charge is -2.17. The standard InChI is InChI=1S/C24H20N4O3S2/c29-21(15-32-14-19-13-22(30)28-11-12-33-24(28)26-19)25-18-7-5-17(6-8-18)23(31)27-10-9-16-3-1-2-4-20(16)27/h1-8,11-13H,9-10,14-15H2,(H,25,29). The number of aromatic nitrogens is 2. The summed E-state index contributed by atoms with van der Waals surface area (Å²) in [6, 6.07) is 16.4. The highest BCUT2D eigenvalue weighted by molar-refractivity contribution is 7.99. The monoisotopic (exact) mass is 476 g/mol. The first kappa shape index (κ1) is 21.4. The normalized spacial score (nSPS) is 12.7. The third kappa shape index (κ3) is 4.55. The van der Waals surface area contributed by atoms with Crippen LogP contribution in [0.5, 0.6) is 0 Å². The van der Waals surface area contributed by atoms with Gasteiger partial charge in [-0.3, -0.25) is 18.8 Å². The quantitative estimate of drug-likeness (QED) is 0.457. The minimum atomic E-state index is -0.151. The first-order valence-electron chi connectivity index (χ1n) is 10.4. The van der Waals surface area contributed by atoms with Gasteiger partial charge in [0.25, 0.3) is 11.5 Å². The Labute approximate surface area is 198 Å². The number of carbonyl (C=O) groups is 2. The molecule has 0 radical (unpaired) electrons. The number of nitrogens with one attached hydrogen (secondary N) is 1. The van der Waals surface area contributed by atoms with Crippen molar-refractivity contribution in [3.63, 3.8) is 0 Å². The molecule has 1 aliphatic rings. The zero-order chi connectivity index (χ0) is 22.8. The fourth-order valence-corrected chi connectivity index (χ4v) is 5.26. The molecule has 3 heterocycles. The third-order valence-electron chi connectivity index (χ3n) is 5.39. The van der Waals surface area contributed by atoms with Crippen LogP contribution in [0.15, 0.2) is 71.0 Å². The second-order valence-electron chi connectivity index (χ2n) is 7.60. The average molecular weight is 477 g/mol. The van der Waals surface area contributed by atoms with Crippen LogP contribution in [0.25, 0.3) is 4.96 Å². The van der Waals surface area contributed by atoms with Crippen molar-refractivity contribution in [1.82, 2.24) is 9.38 Å². The molecule has 2 aromatic heterocycles. The van der Waals surface area contributed by atoms with Crippen LogP contribution in [0, 0.1) is 0 Å². The number of hydrogen-bond donors (Lipinski definition) is 1. The summed E-state index contributed by atoms with van der Waals surface area (Å²) >= 11 is 2.79. The van der Waals surface area contributed by atoms with Crippen molar-refractivity contribution in [2.45, 2.75) is 12.2 Å². The summed E-state index contributed by atoms with van der Waals surface area (Å²) in [6.45, 7) is 0.675. The van der Waals surface area contributed by atoms with Crippen molar-refractivity contribution in [3.8, 4) is 0 Å². The Morgan fingerprint density at radius 2 is 1.94 bits per heavy atom. The molecular formula is C24H20N4O3S2. The second-order valence-corrected chi connectivity index (χ2v) is 9.45. The van der Waals surface area contributed by atoms with E-state index in [4.69, 9.17) is 0 Å². The van der Waals surface area contributed by atoms with Gasteiger partial charge in [0.15, 0.2) is 4.96 Å². The minimum absolute atomic E-state index is 0.0421. The lowest BCUT2D eigenvalue weighted by atomic mass is 10.1. The third-order valence-corrected chi connectivity index (χ3v) is 7.11. The summed E-state index contributed by atoms with van der Waals surface area (Å²) in [5.74, 6) is 0.513. The number of hydrogen-bond acceptors (Lipinski definition) is 6. The van der Waals surface area contributed by atoms with Crippen LogP contribution >= 0.6 is 23.1 Å². The molecular weight excluding hydrogens is 456 g/mol. The summed E-state index contributed by atoms with van der Waals surface area (Å²) in [5, 5.41) is 4.66. The van der Waals surface area contributed by atoms with Crippen LogP contribution < -0.4 is 15.8 Å². The molecule has 1 N–H and O–H groups in total. The van der Waals surface area contributed by atoms with Crippen LogP contribution in [-0.4, -0.2) is 33.5 Å². The smallest absolute Gasteiger partial charge is 0.258 e. The Morgan fingerprint density at radius 3 is 2.79 bits per heavy atom. The lowest BCUT2D eigenvalue weighted by molar-refractivity contribution is -0.113. The van der Waals surface area contributed by atoms with Crippen molar-refractivity contribution in [2.24, 2.45) is 0 Å². The first-order chi connectivity index (χ1) is 16.1. The van der Waals surface area contributed by atoms with E-state index in [9.17, 15) is 14.4 Å². The van der Waals surface area contributed by atoms with Gasteiger partial charge in [0.05, 0.1) is 11.4 Å². The molecule has 9 heteroatoms. The number of amides is 2. The molecule has 0 bridgehead atoms. The number of rotatable bonds is 6. The number of fused-ring (bicyclic) bond motifs is 2. The first-order valence-corrected chi connectivity index (χ1v) is 12.5. The van der Waals surface area contributed by atoms with Gasteiger partial charge in [-0.2, -0.15) is 0 Å². The van der Waals surface area contributed by atoms with E-state index in [0.717, 1.165) is 12.1 Å². The molecule has 7 nitrogen and oxygen atoms in total. The van der Waals surface area contributed by atoms with Gasteiger partial charge in [-0.15, -0.1) is 23.1 Å². The molecule has 0 saturated carbocycles. The Kier molecular flexibility index (Phi) is 5.97. The molecule has 166 valence electrons. The summed E-state index contributed by atoms with van der Waals surface area (Å²) < 4.78 is 1.50. The van der Waals surface area contributed by atoms with Gasteiger partial charge in [-0.25, -0.2) is 4.98 Å². The molecule has 0 atom stereocenters. The van der Waals surface area contributed by atoms with Gasteiger partial charge in [0.1, 0.15) is 0 Å². The molecule has 0 unspecified atom stereocenters. The van der Waals surface area contributed by atoms with Crippen LogP contribution in [0.2, 0.25) is 0 Å². The molecule has 1 aliphatic heterocycles. The van der Waals surface area contributed by atoms with Gasteiger partial charge >= 0.3 is 0 Å². The zero-order valence-corrected chi connectivity index (χ0v) is 19.2. The fourth-order valence-electron chi connectivity index (χ4n) is 3.81. The van der Waals surface area contributed by atoms with Crippen LogP contribution in [0.3, 0.4) is 0 Å². The summed E-state index contributed by atoms with van der Waals surface area (Å²) in [4.78, 5) is 44.2. The molecule has 2 amide bonds. The van der Waals surface area contributed by atoms with Crippen molar-refractivity contribution < 1.29 is 9.59 Å². The lowest BCUT2D eigenvalue weighted by Crippen LogP contribution is -2.28. The van der Waals surface area contributed by atoms with E-state index < -0.39 is 0 Å². The molecule has 0 aliphatic carbocycles. The summed E-state index contributed by atoms with van der Waals surface area (Å²) in [7, 11) is 0. The Hall–Kier alpha value is -3.43. The highest BCUT2D eigenvalue weighted by Crippen LogP contribution is 2.29. The van der Waals surface area contributed by atoms with Crippen molar-refractivity contribution in [2.75, 3.05) is 22.5 Å². The van der Waals surface area contributed by atoms with Gasteiger partial charge in [0, 0.05) is 46.9 Å². The Balaban J connectivity index is 1.15. The molecule has 5 rings (SSSR count). The predicted octanol–water partition coefficient (Wildman–Crippen LogP) is 3.83. The number of anilines is 2. The van der Waals surface area contributed by atoms with E-state index in [0.29, 0.717) is 34.2 Å². The van der Waals surface area contributed by atoms with Gasteiger partial charge in [-0.05, 0) is 42.3 Å². The van der Waals surface area contributed by atoms with Crippen molar-refractivity contribution >= 4 is 51.2 Å². The molecule has 0 fully saturated rings. The zero-order valence-electron chi connectivity index (χ0n) is 17.6.